The Hall–Kier alpha value is -7.49. The Balaban J connectivity index is 0.892. The highest BCUT2D eigenvalue weighted by Crippen LogP contribution is 2.28. The molecule has 23 nitrogen and oxygen atoms in total. The zero-order chi connectivity index (χ0) is 55.3. The third kappa shape index (κ3) is 14.8. The van der Waals surface area contributed by atoms with Gasteiger partial charge in [-0.2, -0.15) is 15.0 Å². The number of nitrogens with two attached hydrogens (primary N) is 2. The maximum Gasteiger partial charge on any atom is 0.248 e. The van der Waals surface area contributed by atoms with Crippen molar-refractivity contribution in [2.24, 2.45) is 23.3 Å². The van der Waals surface area contributed by atoms with Crippen molar-refractivity contribution < 1.29 is 23.8 Å². The van der Waals surface area contributed by atoms with Crippen LogP contribution in [0, 0.1) is 24.2 Å². The SMILES string of the molecule is C#CCOCCOCCOCCNc1nc(N2CCN(C(=O)[C@H](Cc3cc4ccccc4[nH]3)n3cc([C@@H](N)CC(C)C)nn3)CC2)nc(N2CCN(C(=O)[C@H](Cc3cc4ccccc4[nH]3)n3cc([C@@H](N)CC(C)C)nn3)CC2)n1. The molecule has 2 aliphatic rings. The number of terminal acetylenes is 1. The molecule has 2 amide bonds. The Kier molecular flexibility index (Phi) is 19.2. The maximum atomic E-state index is 14.7. The summed E-state index contributed by atoms with van der Waals surface area (Å²) in [6.45, 7) is 14.8. The predicted octanol–water partition coefficient (Wildman–Crippen LogP) is 4.47. The Morgan fingerprint density at radius 2 is 1.08 bits per heavy atom. The summed E-state index contributed by atoms with van der Waals surface area (Å²) in [7, 11) is 0. The van der Waals surface area contributed by atoms with Crippen molar-refractivity contribution in [2.45, 2.75) is 77.5 Å². The van der Waals surface area contributed by atoms with E-state index in [-0.39, 0.29) is 30.5 Å². The predicted molar refractivity (Wildman–Crippen MR) is 302 cm³/mol. The molecule has 7 aromatic rings. The second-order valence-corrected chi connectivity index (χ2v) is 21.2. The Labute approximate surface area is 461 Å². The number of carbonyl (C=O) groups excluding carboxylic acids is 2. The van der Waals surface area contributed by atoms with Gasteiger partial charge in [-0.3, -0.25) is 9.59 Å². The van der Waals surface area contributed by atoms with Gasteiger partial charge in [0.25, 0.3) is 0 Å². The highest BCUT2D eigenvalue weighted by molar-refractivity contribution is 5.84. The van der Waals surface area contributed by atoms with Crippen LogP contribution in [-0.4, -0.2) is 175 Å². The van der Waals surface area contributed by atoms with Crippen molar-refractivity contribution in [2.75, 3.05) is 114 Å². The summed E-state index contributed by atoms with van der Waals surface area (Å²) in [6.07, 6.45) is 11.2. The average molecular weight is 1080 g/mol. The first-order valence-electron chi connectivity index (χ1n) is 27.6. The molecule has 4 atom stereocenters. The number of rotatable bonds is 27. The quantitative estimate of drug-likeness (QED) is 0.0351. The van der Waals surface area contributed by atoms with E-state index in [2.05, 4.69) is 104 Å². The van der Waals surface area contributed by atoms with Crippen LogP contribution in [0.1, 0.15) is 87.5 Å². The minimum atomic E-state index is -0.663. The van der Waals surface area contributed by atoms with E-state index in [0.717, 1.165) is 46.0 Å². The molecule has 7 N–H and O–H groups in total. The Morgan fingerprint density at radius 3 is 1.52 bits per heavy atom. The van der Waals surface area contributed by atoms with E-state index >= 15 is 0 Å². The summed E-state index contributed by atoms with van der Waals surface area (Å²) < 4.78 is 20.0. The molecule has 2 aliphatic heterocycles. The summed E-state index contributed by atoms with van der Waals surface area (Å²) in [5.74, 6) is 4.39. The number of ether oxygens (including phenoxy) is 3. The van der Waals surface area contributed by atoms with Gasteiger partial charge < -0.3 is 60.6 Å². The average Bonchev–Trinajstić information content (AvgIpc) is 4.33. The fraction of sp³-hybridized carbons (Fsp3) is 0.518. The number of benzene rings is 2. The molecule has 0 aliphatic carbocycles. The molecule has 0 saturated carbocycles. The van der Waals surface area contributed by atoms with Gasteiger partial charge in [0.1, 0.15) is 18.7 Å². The lowest BCUT2D eigenvalue weighted by Crippen LogP contribution is -2.52. The van der Waals surface area contributed by atoms with Gasteiger partial charge in [0.15, 0.2) is 0 Å². The highest BCUT2D eigenvalue weighted by Gasteiger charge is 2.34. The molecule has 2 fully saturated rings. The number of anilines is 3. The summed E-state index contributed by atoms with van der Waals surface area (Å²) in [5.41, 5.74) is 18.3. The largest absolute Gasteiger partial charge is 0.377 e. The summed E-state index contributed by atoms with van der Waals surface area (Å²) in [4.78, 5) is 59.3. The van der Waals surface area contributed by atoms with Gasteiger partial charge in [-0.15, -0.1) is 16.6 Å². The number of aromatic amines is 2. The Bertz CT molecular complexity index is 2860. The number of para-hydroxylation sites is 2. The molecule has 0 radical (unpaired) electrons. The van der Waals surface area contributed by atoms with E-state index in [1.54, 1.807) is 9.36 Å². The van der Waals surface area contributed by atoms with Crippen LogP contribution in [0.4, 0.5) is 17.8 Å². The zero-order valence-electron chi connectivity index (χ0n) is 45.9. The number of amides is 2. The van der Waals surface area contributed by atoms with Gasteiger partial charge in [-0.05, 0) is 59.7 Å². The van der Waals surface area contributed by atoms with Gasteiger partial charge in [-0.1, -0.05) is 80.4 Å². The van der Waals surface area contributed by atoms with Crippen LogP contribution in [0.5, 0.6) is 0 Å². The molecule has 2 saturated heterocycles. The summed E-state index contributed by atoms with van der Waals surface area (Å²) in [5, 5.41) is 23.4. The van der Waals surface area contributed by atoms with E-state index in [0.29, 0.717) is 146 Å². The molecule has 9 rings (SSSR count). The number of nitrogens with one attached hydrogen (secondary N) is 3. The minimum Gasteiger partial charge on any atom is -0.377 e. The van der Waals surface area contributed by atoms with Crippen molar-refractivity contribution in [1.82, 2.24) is 64.7 Å². The normalized spacial score (nSPS) is 15.8. The van der Waals surface area contributed by atoms with Gasteiger partial charge >= 0.3 is 0 Å². The second-order valence-electron chi connectivity index (χ2n) is 21.2. The van der Waals surface area contributed by atoms with E-state index in [4.69, 9.17) is 47.1 Å². The number of hydrogen-bond donors (Lipinski definition) is 5. The minimum absolute atomic E-state index is 0.0662. The molecular weight excluding hydrogens is 1000 g/mol. The number of piperazine rings is 2. The summed E-state index contributed by atoms with van der Waals surface area (Å²) in [6, 6.07) is 18.4. The molecule has 0 spiro atoms. The smallest absolute Gasteiger partial charge is 0.248 e. The number of carbonyl (C=O) groups is 2. The third-order valence-electron chi connectivity index (χ3n) is 14.3. The van der Waals surface area contributed by atoms with Crippen LogP contribution in [-0.2, 0) is 36.6 Å². The number of fused-ring (bicyclic) bond motifs is 2. The lowest BCUT2D eigenvalue weighted by molar-refractivity contribution is -0.136. The summed E-state index contributed by atoms with van der Waals surface area (Å²) >= 11 is 0. The number of H-pyrrole nitrogens is 2. The van der Waals surface area contributed by atoms with Crippen LogP contribution in [0.25, 0.3) is 21.8 Å². The Morgan fingerprint density at radius 1 is 0.633 bits per heavy atom. The molecule has 79 heavy (non-hydrogen) atoms. The van der Waals surface area contributed by atoms with E-state index in [1.807, 2.05) is 58.6 Å². The monoisotopic (exact) mass is 1080 g/mol. The zero-order valence-corrected chi connectivity index (χ0v) is 45.9. The molecule has 0 unspecified atom stereocenters. The van der Waals surface area contributed by atoms with Crippen molar-refractivity contribution in [1.29, 1.82) is 0 Å². The van der Waals surface area contributed by atoms with Crippen LogP contribution >= 0.6 is 0 Å². The van der Waals surface area contributed by atoms with Crippen molar-refractivity contribution in [3.63, 3.8) is 0 Å². The lowest BCUT2D eigenvalue weighted by atomic mass is 10.0. The first-order valence-corrected chi connectivity index (χ1v) is 27.6. The first kappa shape index (κ1) is 56.2. The van der Waals surface area contributed by atoms with Crippen LogP contribution in [0.2, 0.25) is 0 Å². The third-order valence-corrected chi connectivity index (χ3v) is 14.3. The second kappa shape index (κ2) is 26.9. The van der Waals surface area contributed by atoms with Crippen LogP contribution in [0.15, 0.2) is 73.1 Å². The fourth-order valence-electron chi connectivity index (χ4n) is 10.2. The van der Waals surface area contributed by atoms with E-state index < -0.39 is 12.1 Å². The molecule has 2 aromatic carbocycles. The van der Waals surface area contributed by atoms with Gasteiger partial charge in [0.2, 0.25) is 29.7 Å². The van der Waals surface area contributed by atoms with Crippen molar-refractivity contribution >= 4 is 51.5 Å². The van der Waals surface area contributed by atoms with Crippen molar-refractivity contribution in [3.05, 3.63) is 95.8 Å². The van der Waals surface area contributed by atoms with Crippen LogP contribution in [0.3, 0.4) is 0 Å². The molecule has 7 heterocycles. The number of aromatic nitrogens is 11. The van der Waals surface area contributed by atoms with E-state index in [9.17, 15) is 9.59 Å². The number of nitrogens with zero attached hydrogens (tertiary/aromatic N) is 13. The van der Waals surface area contributed by atoms with Crippen molar-refractivity contribution in [3.8, 4) is 12.3 Å². The molecule has 23 heteroatoms. The number of hydrogen-bond acceptors (Lipinski definition) is 17. The molecule has 5 aromatic heterocycles. The van der Waals surface area contributed by atoms with Gasteiger partial charge in [0.05, 0.1) is 68.9 Å². The molecular formula is C56H76N18O5. The fourth-order valence-corrected chi connectivity index (χ4v) is 10.2. The standard InChI is InChI=1S/C56H76N18O5/c1-6-24-77-26-28-79-29-27-78-25-15-59-54-62-55(71-20-16-69(17-21-71)52(75)50(34-42-32-40-11-7-9-13-46(40)60-42)73-36-48(65-67-73)44(57)30-38(2)3)64-56(63-54)72-22-18-70(19-23-72)53(76)51(35-43-33-41-12-8-10-14-47(41)61-43)74-37-49(66-68-74)45(58)31-39(4)5/h1,7-14,32-33,36-39,44-45,50-51,60-61H,15-31,34-35,57-58H2,2-5H3,(H,59,62,63,64)/t44-,45-,50-,51-/m0/s1. The van der Waals surface area contributed by atoms with Gasteiger partial charge in [-0.25, -0.2) is 9.36 Å². The maximum absolute atomic E-state index is 14.7. The van der Waals surface area contributed by atoms with Crippen LogP contribution < -0.4 is 26.6 Å². The molecule has 420 valence electrons. The highest BCUT2D eigenvalue weighted by atomic mass is 16.5. The topological polar surface area (TPSA) is 271 Å². The molecule has 0 bridgehead atoms. The lowest BCUT2D eigenvalue weighted by Gasteiger charge is -2.38. The van der Waals surface area contributed by atoms with Gasteiger partial charge in [0, 0.05) is 94.2 Å². The van der Waals surface area contributed by atoms with E-state index in [1.165, 1.54) is 0 Å². The first-order chi connectivity index (χ1) is 38.4.